The van der Waals surface area contributed by atoms with Gasteiger partial charge in [0.1, 0.15) is 6.10 Å². The second kappa shape index (κ2) is 6.43. The number of esters is 1. The third-order valence-corrected chi connectivity index (χ3v) is 2.97. The third-order valence-electron chi connectivity index (χ3n) is 2.97. The molecular formula is C12H21F2NO3. The summed E-state index contributed by atoms with van der Waals surface area (Å²) in [4.78, 5) is 10.8. The molecule has 0 aromatic carbocycles. The van der Waals surface area contributed by atoms with Gasteiger partial charge in [-0.2, -0.15) is 8.78 Å². The lowest BCUT2D eigenvalue weighted by atomic mass is 10.0. The van der Waals surface area contributed by atoms with Gasteiger partial charge in [0.2, 0.25) is 0 Å². The first-order chi connectivity index (χ1) is 8.36. The summed E-state index contributed by atoms with van der Waals surface area (Å²) in [5, 5.41) is 3.12. The maximum Gasteiger partial charge on any atom is 0.377 e. The zero-order valence-electron chi connectivity index (χ0n) is 11.0. The minimum Gasteiger partial charge on any atom is -0.456 e. The first-order valence-electron chi connectivity index (χ1n) is 6.26. The Balaban J connectivity index is 2.37. The van der Waals surface area contributed by atoms with Crippen molar-refractivity contribution < 1.29 is 23.0 Å². The molecule has 2 atom stereocenters. The molecule has 2 unspecified atom stereocenters. The molecule has 0 radical (unpaired) electrons. The summed E-state index contributed by atoms with van der Waals surface area (Å²) in [6.45, 7) is 7.30. The summed E-state index contributed by atoms with van der Waals surface area (Å²) in [6, 6.07) is 0.0675. The second-order valence-electron chi connectivity index (χ2n) is 4.85. The highest BCUT2D eigenvalue weighted by molar-refractivity contribution is 5.79. The number of cyclic esters (lactones) is 1. The van der Waals surface area contributed by atoms with Gasteiger partial charge in [-0.05, 0) is 12.8 Å². The van der Waals surface area contributed by atoms with E-state index in [1.54, 1.807) is 0 Å². The predicted molar refractivity (Wildman–Crippen MR) is 62.6 cm³/mol. The fourth-order valence-electron chi connectivity index (χ4n) is 1.78. The van der Waals surface area contributed by atoms with Gasteiger partial charge in [0.05, 0.1) is 13.0 Å². The van der Waals surface area contributed by atoms with Gasteiger partial charge in [0, 0.05) is 19.2 Å². The first kappa shape index (κ1) is 15.3. The zero-order chi connectivity index (χ0) is 13.8. The molecule has 0 aliphatic carbocycles. The number of hydrogen-bond acceptors (Lipinski definition) is 4. The lowest BCUT2D eigenvalue weighted by Gasteiger charge is -2.23. The van der Waals surface area contributed by atoms with Crippen LogP contribution in [0.5, 0.6) is 0 Å². The Hall–Kier alpha value is -0.750. The lowest BCUT2D eigenvalue weighted by Crippen LogP contribution is -2.42. The Morgan fingerprint density at radius 2 is 2.22 bits per heavy atom. The molecule has 0 saturated carbocycles. The van der Waals surface area contributed by atoms with Crippen LogP contribution < -0.4 is 5.32 Å². The molecule has 0 amide bonds. The van der Waals surface area contributed by atoms with Crippen molar-refractivity contribution >= 4 is 5.97 Å². The van der Waals surface area contributed by atoms with E-state index in [1.165, 1.54) is 0 Å². The van der Waals surface area contributed by atoms with E-state index < -0.39 is 24.4 Å². The number of carbonyl (C=O) groups excluding carboxylic acids is 1. The fraction of sp³-hybridized carbons (Fsp3) is 0.917. The number of hydrogen-bond donors (Lipinski definition) is 1. The van der Waals surface area contributed by atoms with Gasteiger partial charge >= 0.3 is 11.9 Å². The van der Waals surface area contributed by atoms with Gasteiger partial charge in [-0.25, -0.2) is 4.79 Å². The van der Waals surface area contributed by atoms with Crippen molar-refractivity contribution in [3.8, 4) is 0 Å². The van der Waals surface area contributed by atoms with Crippen molar-refractivity contribution in [2.45, 2.75) is 45.3 Å². The Kier molecular flexibility index (Phi) is 5.47. The van der Waals surface area contributed by atoms with E-state index in [2.05, 4.69) is 10.1 Å². The van der Waals surface area contributed by atoms with Crippen LogP contribution in [-0.2, 0) is 14.3 Å². The van der Waals surface area contributed by atoms with Crippen molar-refractivity contribution in [1.29, 1.82) is 0 Å². The topological polar surface area (TPSA) is 47.6 Å². The van der Waals surface area contributed by atoms with E-state index in [0.29, 0.717) is 19.1 Å². The summed E-state index contributed by atoms with van der Waals surface area (Å²) in [5.74, 6) is -4.44. The van der Waals surface area contributed by atoms with Gasteiger partial charge in [-0.15, -0.1) is 0 Å². The van der Waals surface area contributed by atoms with Gasteiger partial charge in [0.25, 0.3) is 0 Å². The van der Waals surface area contributed by atoms with E-state index in [0.717, 1.165) is 0 Å². The van der Waals surface area contributed by atoms with Crippen LogP contribution in [0.25, 0.3) is 0 Å². The van der Waals surface area contributed by atoms with Crippen LogP contribution >= 0.6 is 0 Å². The Labute approximate surface area is 106 Å². The molecule has 1 aliphatic rings. The highest BCUT2D eigenvalue weighted by Gasteiger charge is 2.50. The number of halogens is 2. The van der Waals surface area contributed by atoms with Crippen molar-refractivity contribution in [2.75, 3.05) is 19.8 Å². The lowest BCUT2D eigenvalue weighted by molar-refractivity contribution is -0.159. The molecule has 1 heterocycles. The highest BCUT2D eigenvalue weighted by atomic mass is 19.3. The maximum absolute atomic E-state index is 12.9. The molecule has 106 valence electrons. The van der Waals surface area contributed by atoms with Crippen molar-refractivity contribution in [1.82, 2.24) is 5.32 Å². The van der Waals surface area contributed by atoms with Crippen LogP contribution in [0.3, 0.4) is 0 Å². The molecule has 0 bridgehead atoms. The molecule has 1 aliphatic heterocycles. The maximum atomic E-state index is 12.9. The largest absolute Gasteiger partial charge is 0.456 e. The smallest absolute Gasteiger partial charge is 0.377 e. The molecule has 0 spiro atoms. The fourth-order valence-corrected chi connectivity index (χ4v) is 1.78. The summed E-state index contributed by atoms with van der Waals surface area (Å²) in [7, 11) is 0. The van der Waals surface area contributed by atoms with Gasteiger partial charge in [-0.1, -0.05) is 13.8 Å². The molecule has 1 rings (SSSR count). The van der Waals surface area contributed by atoms with Gasteiger partial charge < -0.3 is 14.8 Å². The predicted octanol–water partition coefficient (Wildman–Crippen LogP) is 1.59. The summed E-state index contributed by atoms with van der Waals surface area (Å²) < 4.78 is 35.8. The Morgan fingerprint density at radius 1 is 1.56 bits per heavy atom. The molecule has 1 fully saturated rings. The highest BCUT2D eigenvalue weighted by Crippen LogP contribution is 2.30. The molecule has 0 aromatic heterocycles. The van der Waals surface area contributed by atoms with E-state index in [1.807, 2.05) is 20.8 Å². The molecule has 18 heavy (non-hydrogen) atoms. The number of alkyl halides is 2. The standard InChI is InChI=1S/C12H21F2NO3/c1-4-17-7-10(8(2)3)15-6-9-5-12(13,14)11(16)18-9/h8-10,15H,4-7H2,1-3H3. The average Bonchev–Trinajstić information content (AvgIpc) is 2.52. The third kappa shape index (κ3) is 4.17. The van der Waals surface area contributed by atoms with Crippen LogP contribution in [-0.4, -0.2) is 43.8 Å². The molecule has 1 N–H and O–H groups in total. The minimum absolute atomic E-state index is 0.0675. The average molecular weight is 265 g/mol. The molecule has 4 nitrogen and oxygen atoms in total. The Bertz CT molecular complexity index is 284. The summed E-state index contributed by atoms with van der Waals surface area (Å²) >= 11 is 0. The second-order valence-corrected chi connectivity index (χ2v) is 4.85. The van der Waals surface area contributed by atoms with Gasteiger partial charge in [-0.3, -0.25) is 0 Å². The summed E-state index contributed by atoms with van der Waals surface area (Å²) in [5.41, 5.74) is 0. The van der Waals surface area contributed by atoms with Crippen LogP contribution in [0.4, 0.5) is 8.78 Å². The normalized spacial score (nSPS) is 24.3. The Morgan fingerprint density at radius 3 is 2.67 bits per heavy atom. The van der Waals surface area contributed by atoms with E-state index >= 15 is 0 Å². The van der Waals surface area contributed by atoms with Crippen molar-refractivity contribution in [3.05, 3.63) is 0 Å². The van der Waals surface area contributed by atoms with Crippen LogP contribution in [0.15, 0.2) is 0 Å². The molecule has 6 heteroatoms. The number of ether oxygens (including phenoxy) is 2. The SMILES string of the molecule is CCOCC(NCC1CC(F)(F)C(=O)O1)C(C)C. The van der Waals surface area contributed by atoms with E-state index in [-0.39, 0.29) is 12.6 Å². The quantitative estimate of drug-likeness (QED) is 0.710. The van der Waals surface area contributed by atoms with Gasteiger partial charge in [0.15, 0.2) is 0 Å². The van der Waals surface area contributed by atoms with E-state index in [9.17, 15) is 13.6 Å². The zero-order valence-corrected chi connectivity index (χ0v) is 11.0. The van der Waals surface area contributed by atoms with E-state index in [4.69, 9.17) is 4.74 Å². The first-order valence-corrected chi connectivity index (χ1v) is 6.26. The number of rotatable bonds is 7. The molecular weight excluding hydrogens is 244 g/mol. The number of nitrogens with one attached hydrogen (secondary N) is 1. The number of carbonyl (C=O) groups is 1. The van der Waals surface area contributed by atoms with Crippen molar-refractivity contribution in [3.63, 3.8) is 0 Å². The molecule has 1 saturated heterocycles. The summed E-state index contributed by atoms with van der Waals surface area (Å²) in [6.07, 6.45) is -1.30. The van der Waals surface area contributed by atoms with Crippen LogP contribution in [0.1, 0.15) is 27.2 Å². The van der Waals surface area contributed by atoms with Crippen molar-refractivity contribution in [2.24, 2.45) is 5.92 Å². The monoisotopic (exact) mass is 265 g/mol. The minimum atomic E-state index is -3.33. The van der Waals surface area contributed by atoms with Crippen LogP contribution in [0.2, 0.25) is 0 Å². The molecule has 0 aromatic rings. The van der Waals surface area contributed by atoms with Crippen LogP contribution in [0, 0.1) is 5.92 Å².